The molecule has 6 heteroatoms. The zero-order chi connectivity index (χ0) is 16.2. The molecule has 1 aromatic carbocycles. The first-order valence-electron chi connectivity index (χ1n) is 8.15. The molecule has 1 saturated carbocycles. The van der Waals surface area contributed by atoms with Gasteiger partial charge in [-0.25, -0.2) is 0 Å². The SMILES string of the molecule is CC1(C)OB(c2cccc(-c3nnc(C4CC4)o3)c2)OC1(C)C. The van der Waals surface area contributed by atoms with Crippen molar-refractivity contribution in [2.75, 3.05) is 0 Å². The van der Waals surface area contributed by atoms with E-state index in [-0.39, 0.29) is 18.3 Å². The molecule has 120 valence electrons. The molecule has 1 saturated heterocycles. The van der Waals surface area contributed by atoms with Gasteiger partial charge in [0.15, 0.2) is 0 Å². The first-order valence-corrected chi connectivity index (χ1v) is 8.15. The fraction of sp³-hybridized carbons (Fsp3) is 0.529. The van der Waals surface area contributed by atoms with Crippen molar-refractivity contribution in [3.8, 4) is 11.5 Å². The highest BCUT2D eigenvalue weighted by atomic mass is 16.7. The van der Waals surface area contributed by atoms with Gasteiger partial charge in [0, 0.05) is 11.5 Å². The third-order valence-electron chi connectivity index (χ3n) is 5.03. The van der Waals surface area contributed by atoms with Crippen molar-refractivity contribution in [1.82, 2.24) is 10.2 Å². The molecule has 0 spiro atoms. The molecule has 0 amide bonds. The minimum absolute atomic E-state index is 0.350. The number of nitrogens with zero attached hydrogens (tertiary/aromatic N) is 2. The predicted octanol–water partition coefficient (Wildman–Crippen LogP) is 2.91. The molecular formula is C17H21BN2O3. The summed E-state index contributed by atoms with van der Waals surface area (Å²) in [4.78, 5) is 0. The van der Waals surface area contributed by atoms with Crippen molar-refractivity contribution < 1.29 is 13.7 Å². The maximum atomic E-state index is 6.11. The summed E-state index contributed by atoms with van der Waals surface area (Å²) in [5.41, 5.74) is 1.16. The van der Waals surface area contributed by atoms with Crippen LogP contribution in [0.1, 0.15) is 52.3 Å². The number of rotatable bonds is 3. The standard InChI is InChI=1S/C17H21BN2O3/c1-16(2)17(3,4)23-18(22-16)13-7-5-6-12(10-13)15-20-19-14(21-15)11-8-9-11/h5-7,10-11H,8-9H2,1-4H3. The van der Waals surface area contributed by atoms with E-state index in [1.807, 2.05) is 24.3 Å². The molecular weight excluding hydrogens is 291 g/mol. The molecule has 23 heavy (non-hydrogen) atoms. The summed E-state index contributed by atoms with van der Waals surface area (Å²) in [6, 6.07) is 7.95. The molecule has 1 aromatic heterocycles. The van der Waals surface area contributed by atoms with E-state index in [9.17, 15) is 0 Å². The summed E-state index contributed by atoms with van der Waals surface area (Å²) < 4.78 is 18.0. The van der Waals surface area contributed by atoms with Crippen LogP contribution in [0.5, 0.6) is 0 Å². The van der Waals surface area contributed by atoms with Gasteiger partial charge < -0.3 is 13.7 Å². The zero-order valence-electron chi connectivity index (χ0n) is 14.0. The van der Waals surface area contributed by atoms with Crippen LogP contribution in [0.15, 0.2) is 28.7 Å². The van der Waals surface area contributed by atoms with Crippen LogP contribution in [0.4, 0.5) is 0 Å². The molecule has 4 rings (SSSR count). The topological polar surface area (TPSA) is 57.4 Å². The Morgan fingerprint density at radius 3 is 2.39 bits per heavy atom. The highest BCUT2D eigenvalue weighted by molar-refractivity contribution is 6.62. The second-order valence-corrected chi connectivity index (χ2v) is 7.43. The van der Waals surface area contributed by atoms with Gasteiger partial charge >= 0.3 is 7.12 Å². The lowest BCUT2D eigenvalue weighted by Crippen LogP contribution is -2.41. The van der Waals surface area contributed by atoms with Crippen LogP contribution < -0.4 is 5.46 Å². The van der Waals surface area contributed by atoms with E-state index >= 15 is 0 Å². The quantitative estimate of drug-likeness (QED) is 0.816. The zero-order valence-corrected chi connectivity index (χ0v) is 14.0. The molecule has 0 atom stereocenters. The molecule has 5 nitrogen and oxygen atoms in total. The van der Waals surface area contributed by atoms with Crippen LogP contribution in [0.25, 0.3) is 11.5 Å². The van der Waals surface area contributed by atoms with Crippen LogP contribution in [0, 0.1) is 0 Å². The first kappa shape index (κ1) is 14.9. The molecule has 2 fully saturated rings. The van der Waals surface area contributed by atoms with Crippen molar-refractivity contribution in [3.05, 3.63) is 30.2 Å². The maximum Gasteiger partial charge on any atom is 0.494 e. The Morgan fingerprint density at radius 2 is 1.74 bits per heavy atom. The minimum Gasteiger partial charge on any atom is -0.420 e. The molecule has 0 radical (unpaired) electrons. The number of hydrogen-bond acceptors (Lipinski definition) is 5. The molecule has 0 bridgehead atoms. The molecule has 2 heterocycles. The van der Waals surface area contributed by atoms with E-state index < -0.39 is 0 Å². The molecule has 1 aliphatic heterocycles. The Kier molecular flexibility index (Phi) is 3.19. The summed E-state index contributed by atoms with van der Waals surface area (Å²) in [5, 5.41) is 8.32. The number of hydrogen-bond donors (Lipinski definition) is 0. The Morgan fingerprint density at radius 1 is 1.04 bits per heavy atom. The summed E-state index contributed by atoms with van der Waals surface area (Å²) in [6.07, 6.45) is 2.30. The van der Waals surface area contributed by atoms with Gasteiger partial charge in [-0.1, -0.05) is 12.1 Å². The largest absolute Gasteiger partial charge is 0.494 e. The van der Waals surface area contributed by atoms with Gasteiger partial charge in [0.25, 0.3) is 0 Å². The van der Waals surface area contributed by atoms with E-state index in [0.29, 0.717) is 11.8 Å². The van der Waals surface area contributed by atoms with Crippen LogP contribution in [-0.4, -0.2) is 28.5 Å². The van der Waals surface area contributed by atoms with Crippen molar-refractivity contribution >= 4 is 12.6 Å². The third-order valence-corrected chi connectivity index (χ3v) is 5.03. The lowest BCUT2D eigenvalue weighted by molar-refractivity contribution is 0.00578. The summed E-state index contributed by atoms with van der Waals surface area (Å²) >= 11 is 0. The minimum atomic E-state index is -0.384. The van der Waals surface area contributed by atoms with Crippen molar-refractivity contribution in [1.29, 1.82) is 0 Å². The Labute approximate surface area is 136 Å². The molecule has 2 aliphatic rings. The van der Waals surface area contributed by atoms with Crippen LogP contribution in [0.3, 0.4) is 0 Å². The van der Waals surface area contributed by atoms with E-state index in [1.165, 1.54) is 0 Å². The lowest BCUT2D eigenvalue weighted by atomic mass is 9.78. The van der Waals surface area contributed by atoms with Gasteiger partial charge in [-0.05, 0) is 58.1 Å². The highest BCUT2D eigenvalue weighted by Gasteiger charge is 2.51. The maximum absolute atomic E-state index is 6.11. The van der Waals surface area contributed by atoms with Gasteiger partial charge in [0.2, 0.25) is 11.8 Å². The summed E-state index contributed by atoms with van der Waals surface area (Å²) in [7, 11) is -0.384. The predicted molar refractivity (Wildman–Crippen MR) is 87.4 cm³/mol. The van der Waals surface area contributed by atoms with E-state index in [0.717, 1.165) is 29.8 Å². The number of benzene rings is 1. The lowest BCUT2D eigenvalue weighted by Gasteiger charge is -2.32. The van der Waals surface area contributed by atoms with Gasteiger partial charge in [0.05, 0.1) is 11.2 Å². The molecule has 0 N–H and O–H groups in total. The van der Waals surface area contributed by atoms with Gasteiger partial charge in [-0.2, -0.15) is 0 Å². The number of aromatic nitrogens is 2. The second kappa shape index (κ2) is 4.92. The Bertz CT molecular complexity index is 721. The van der Waals surface area contributed by atoms with Crippen molar-refractivity contribution in [2.24, 2.45) is 0 Å². The molecule has 1 aliphatic carbocycles. The van der Waals surface area contributed by atoms with Crippen LogP contribution >= 0.6 is 0 Å². The normalized spacial score (nSPS) is 22.5. The van der Waals surface area contributed by atoms with Gasteiger partial charge in [0.1, 0.15) is 0 Å². The average molecular weight is 312 g/mol. The first-order chi connectivity index (χ1) is 10.9. The summed E-state index contributed by atoms with van der Waals surface area (Å²) in [5.74, 6) is 1.77. The third kappa shape index (κ3) is 2.60. The van der Waals surface area contributed by atoms with Crippen molar-refractivity contribution in [3.63, 3.8) is 0 Å². The van der Waals surface area contributed by atoms with Crippen LogP contribution in [0.2, 0.25) is 0 Å². The van der Waals surface area contributed by atoms with E-state index in [4.69, 9.17) is 13.7 Å². The fourth-order valence-electron chi connectivity index (χ4n) is 2.64. The average Bonchev–Trinajstić information content (AvgIpc) is 3.18. The van der Waals surface area contributed by atoms with Crippen molar-refractivity contribution in [2.45, 2.75) is 57.7 Å². The van der Waals surface area contributed by atoms with Crippen LogP contribution in [-0.2, 0) is 9.31 Å². The molecule has 0 unspecified atom stereocenters. The van der Waals surface area contributed by atoms with E-state index in [2.05, 4.69) is 37.9 Å². The Hall–Kier alpha value is -1.66. The smallest absolute Gasteiger partial charge is 0.420 e. The second-order valence-electron chi connectivity index (χ2n) is 7.43. The molecule has 2 aromatic rings. The highest BCUT2D eigenvalue weighted by Crippen LogP contribution is 2.40. The van der Waals surface area contributed by atoms with Gasteiger partial charge in [-0.15, -0.1) is 10.2 Å². The summed E-state index contributed by atoms with van der Waals surface area (Å²) in [6.45, 7) is 8.21. The fourth-order valence-corrected chi connectivity index (χ4v) is 2.64. The van der Waals surface area contributed by atoms with Gasteiger partial charge in [-0.3, -0.25) is 0 Å². The Balaban J connectivity index is 1.61. The monoisotopic (exact) mass is 312 g/mol. The van der Waals surface area contributed by atoms with E-state index in [1.54, 1.807) is 0 Å².